The summed E-state index contributed by atoms with van der Waals surface area (Å²) in [6.45, 7) is 3.52. The topological polar surface area (TPSA) is 405 Å². The first-order valence-corrected chi connectivity index (χ1v) is 10.0. The van der Waals surface area contributed by atoms with Crippen molar-refractivity contribution in [2.75, 3.05) is 0 Å². The molecule has 0 saturated heterocycles. The molecule has 1 radical (unpaired) electrons. The van der Waals surface area contributed by atoms with Crippen molar-refractivity contribution in [3.05, 3.63) is 56.9 Å². The Labute approximate surface area is 212 Å². The van der Waals surface area contributed by atoms with Crippen molar-refractivity contribution >= 4 is 11.6 Å². The van der Waals surface area contributed by atoms with Crippen LogP contribution in [-0.2, 0) is 17.1 Å². The zero-order valence-corrected chi connectivity index (χ0v) is 20.1. The number of fused-ring (bicyclic) bond motifs is 2. The SMILES string of the molecule is Cc1cc(=O)n2[nH]cnc2n1.Cc1cc(=O)n2[nH]cnc2n1.O.O.O.[Cu+2].[O-][Cl+3]([O-])([O-])[O-].[O-][Cl+3]([O-])([O-])[O-]. The fourth-order valence-electron chi connectivity index (χ4n) is 1.87. The Morgan fingerprint density at radius 2 is 0.917 bits per heavy atom. The molecule has 0 aromatic carbocycles. The predicted octanol–water partition coefficient (Wildman–Crippen LogP) is -12.5. The van der Waals surface area contributed by atoms with Crippen LogP contribution in [0, 0.1) is 34.3 Å². The van der Waals surface area contributed by atoms with Crippen LogP contribution in [-0.4, -0.2) is 55.6 Å². The minimum atomic E-state index is -4.94. The minimum Gasteiger partial charge on any atom is -0.412 e. The molecule has 0 atom stereocenters. The molecule has 0 saturated carbocycles. The number of nitrogens with one attached hydrogen (secondary N) is 2. The summed E-state index contributed by atoms with van der Waals surface area (Å²) in [5.41, 5.74) is 1.10. The quantitative estimate of drug-likeness (QED) is 0.173. The zero-order chi connectivity index (χ0) is 24.7. The van der Waals surface area contributed by atoms with E-state index in [-0.39, 0.29) is 44.6 Å². The number of nitrogens with zero attached hydrogens (tertiary/aromatic N) is 6. The van der Waals surface area contributed by atoms with E-state index in [2.05, 4.69) is 30.1 Å². The second-order valence-electron chi connectivity index (χ2n) is 5.27. The zero-order valence-electron chi connectivity index (χ0n) is 17.6. The van der Waals surface area contributed by atoms with Crippen LogP contribution < -0.4 is 48.4 Å². The predicted molar refractivity (Wildman–Crippen MR) is 87.5 cm³/mol. The van der Waals surface area contributed by atoms with Crippen LogP contribution >= 0.6 is 0 Å². The van der Waals surface area contributed by atoms with Crippen LogP contribution in [0.1, 0.15) is 11.4 Å². The molecule has 0 aliphatic carbocycles. The second kappa shape index (κ2) is 16.9. The first kappa shape index (κ1) is 40.5. The van der Waals surface area contributed by atoms with Gasteiger partial charge in [-0.15, -0.1) is 20.5 Å². The molecule has 0 aliphatic rings. The van der Waals surface area contributed by atoms with Crippen molar-refractivity contribution in [2.24, 2.45) is 0 Å². The number of aromatic amines is 2. The van der Waals surface area contributed by atoms with Crippen molar-refractivity contribution in [3.63, 3.8) is 0 Å². The molecule has 8 N–H and O–H groups in total. The van der Waals surface area contributed by atoms with E-state index >= 15 is 0 Å². The molecule has 24 heteroatoms. The number of hydrogen-bond acceptors (Lipinski definition) is 14. The van der Waals surface area contributed by atoms with Gasteiger partial charge in [0.05, 0.1) is 0 Å². The fourth-order valence-corrected chi connectivity index (χ4v) is 1.87. The Balaban J connectivity index is -0.000000195. The summed E-state index contributed by atoms with van der Waals surface area (Å²) in [5, 5.41) is 5.29. The van der Waals surface area contributed by atoms with Gasteiger partial charge in [0.1, 0.15) is 12.7 Å². The number of hydrogen-bond donors (Lipinski definition) is 2. The van der Waals surface area contributed by atoms with Gasteiger partial charge in [0, 0.05) is 23.5 Å². The molecule has 0 amide bonds. The fraction of sp³-hybridized carbons (Fsp3) is 0.167. The average molecular weight is 617 g/mol. The van der Waals surface area contributed by atoms with E-state index in [0.29, 0.717) is 22.9 Å². The summed E-state index contributed by atoms with van der Waals surface area (Å²) in [7, 11) is -9.89. The Morgan fingerprint density at radius 3 is 1.17 bits per heavy atom. The Kier molecular flexibility index (Phi) is 19.1. The molecular weight excluding hydrogens is 599 g/mol. The van der Waals surface area contributed by atoms with Gasteiger partial charge < -0.3 is 16.4 Å². The maximum atomic E-state index is 11.1. The van der Waals surface area contributed by atoms with E-state index < -0.39 is 20.5 Å². The van der Waals surface area contributed by atoms with Crippen LogP contribution in [0.4, 0.5) is 0 Å². The third-order valence-electron chi connectivity index (χ3n) is 2.79. The van der Waals surface area contributed by atoms with Crippen molar-refractivity contribution in [1.82, 2.24) is 39.2 Å². The number of aromatic nitrogens is 8. The van der Waals surface area contributed by atoms with Gasteiger partial charge in [-0.05, 0) is 13.8 Å². The van der Waals surface area contributed by atoms with Crippen molar-refractivity contribution in [1.29, 1.82) is 0 Å². The normalized spacial score (nSPS) is 9.83. The van der Waals surface area contributed by atoms with E-state index in [1.807, 2.05) is 0 Å². The van der Waals surface area contributed by atoms with Gasteiger partial charge in [-0.1, -0.05) is 0 Å². The average Bonchev–Trinajstić information content (AvgIpc) is 3.21. The third-order valence-corrected chi connectivity index (χ3v) is 2.79. The summed E-state index contributed by atoms with van der Waals surface area (Å²) in [4.78, 5) is 37.9. The molecule has 0 unspecified atom stereocenters. The summed E-state index contributed by atoms with van der Waals surface area (Å²) in [5.74, 6) is 0.824. The summed E-state index contributed by atoms with van der Waals surface area (Å²) >= 11 is 0. The van der Waals surface area contributed by atoms with Gasteiger partial charge in [-0.3, -0.25) is 19.8 Å². The van der Waals surface area contributed by atoms with Gasteiger partial charge >= 0.3 is 17.1 Å². The molecule has 36 heavy (non-hydrogen) atoms. The molecule has 4 aromatic rings. The van der Waals surface area contributed by atoms with E-state index in [9.17, 15) is 9.59 Å². The number of halogens is 2. The van der Waals surface area contributed by atoms with Crippen molar-refractivity contribution in [3.8, 4) is 0 Å². The van der Waals surface area contributed by atoms with Crippen LogP contribution in [0.3, 0.4) is 0 Å². The molecule has 0 spiro atoms. The monoisotopic (exact) mass is 615 g/mol. The number of rotatable bonds is 0. The molecular formula is C12H18Cl2CuN8O13. The van der Waals surface area contributed by atoms with Crippen LogP contribution in [0.2, 0.25) is 0 Å². The molecule has 4 rings (SSSR count). The Bertz CT molecular complexity index is 1160. The molecule has 0 aliphatic heterocycles. The summed E-state index contributed by atoms with van der Waals surface area (Å²) in [6.07, 6.45) is 2.87. The van der Waals surface area contributed by atoms with E-state index in [1.165, 1.54) is 33.8 Å². The smallest absolute Gasteiger partial charge is 0.412 e. The standard InChI is InChI=1S/2C6H6N4O.2ClHO4.Cu.3H2O/c2*1-4-2-5(11)10-6(9-4)7-3-8-10;2*2-1(3,4)5;;;;/h2*2-3H,1H3,(H,7,8,9);2*(H,2,3,4,5);;3*1H2/q;;;;+2;;;/p-2. The van der Waals surface area contributed by atoms with E-state index in [4.69, 9.17) is 37.3 Å². The largest absolute Gasteiger partial charge is 2.00 e. The van der Waals surface area contributed by atoms with E-state index in [1.54, 1.807) is 13.8 Å². The first-order valence-electron chi connectivity index (χ1n) is 7.57. The van der Waals surface area contributed by atoms with Crippen molar-refractivity contribution in [2.45, 2.75) is 13.8 Å². The summed E-state index contributed by atoms with van der Waals surface area (Å²) in [6, 6.07) is 2.90. The molecule has 0 fully saturated rings. The van der Waals surface area contributed by atoms with Crippen LogP contribution in [0.5, 0.6) is 0 Å². The van der Waals surface area contributed by atoms with Gasteiger partial charge in [0.15, 0.2) is 0 Å². The van der Waals surface area contributed by atoms with Gasteiger partial charge in [-0.25, -0.2) is 57.2 Å². The van der Waals surface area contributed by atoms with Gasteiger partial charge in [0.2, 0.25) is 0 Å². The number of aryl methyl sites for hydroxylation is 2. The second-order valence-corrected chi connectivity index (χ2v) is 6.78. The molecule has 4 aromatic heterocycles. The van der Waals surface area contributed by atoms with Crippen LogP contribution in [0.25, 0.3) is 11.6 Å². The first-order chi connectivity index (χ1) is 14.5. The third kappa shape index (κ3) is 16.9. The summed E-state index contributed by atoms with van der Waals surface area (Å²) < 4.78 is 70.5. The molecule has 21 nitrogen and oxygen atoms in total. The maximum Gasteiger partial charge on any atom is 2.00 e. The molecule has 209 valence electrons. The van der Waals surface area contributed by atoms with Gasteiger partial charge in [-0.2, -0.15) is 9.03 Å². The van der Waals surface area contributed by atoms with Gasteiger partial charge in [0.25, 0.3) is 22.7 Å². The Morgan fingerprint density at radius 1 is 0.667 bits per heavy atom. The molecule has 0 bridgehead atoms. The number of H-pyrrole nitrogens is 2. The van der Waals surface area contributed by atoms with E-state index in [0.717, 1.165) is 0 Å². The van der Waals surface area contributed by atoms with Crippen molar-refractivity contribution < 1.29 is 91.3 Å². The maximum absolute atomic E-state index is 11.1. The molecule has 4 heterocycles. The minimum absolute atomic E-state index is 0. The van der Waals surface area contributed by atoms with Crippen LogP contribution in [0.15, 0.2) is 34.4 Å². The Hall–Kier alpha value is -2.64.